The van der Waals surface area contributed by atoms with E-state index in [1.807, 2.05) is 54.9 Å². The highest BCUT2D eigenvalue weighted by Gasteiger charge is 2.21. The van der Waals surface area contributed by atoms with Gasteiger partial charge < -0.3 is 20.3 Å². The fourth-order valence-corrected chi connectivity index (χ4v) is 4.88. The molecule has 0 amide bonds. The number of aliphatic hydroxyl groups is 1. The molecule has 1 aromatic carbocycles. The Morgan fingerprint density at radius 3 is 2.61 bits per heavy atom. The van der Waals surface area contributed by atoms with Crippen molar-refractivity contribution in [1.29, 1.82) is 0 Å². The van der Waals surface area contributed by atoms with Gasteiger partial charge in [0.25, 0.3) is 11.4 Å². The van der Waals surface area contributed by atoms with Gasteiger partial charge in [-0.2, -0.15) is 9.97 Å². The zero-order chi connectivity index (χ0) is 30.6. The van der Waals surface area contributed by atoms with E-state index < -0.39 is 6.04 Å². The van der Waals surface area contributed by atoms with Gasteiger partial charge in [-0.25, -0.2) is 14.6 Å². The summed E-state index contributed by atoms with van der Waals surface area (Å²) in [5.74, 6) is 1.57. The molecule has 3 N–H and O–H groups in total. The van der Waals surface area contributed by atoms with Crippen LogP contribution in [-0.2, 0) is 6.54 Å². The molecule has 44 heavy (non-hydrogen) atoms. The van der Waals surface area contributed by atoms with Crippen LogP contribution in [0.5, 0.6) is 0 Å². The first-order valence-electron chi connectivity index (χ1n) is 14.0. The molecule has 6 rings (SSSR count). The summed E-state index contributed by atoms with van der Waals surface area (Å²) in [4.78, 5) is 35.6. The topological polar surface area (TPSA) is 162 Å². The predicted octanol–water partition coefficient (Wildman–Crippen LogP) is 4.76. The summed E-state index contributed by atoms with van der Waals surface area (Å²) in [7, 11) is 0. The van der Waals surface area contributed by atoms with E-state index in [1.165, 1.54) is 0 Å². The van der Waals surface area contributed by atoms with Gasteiger partial charge in [-0.1, -0.05) is 41.6 Å². The lowest BCUT2D eigenvalue weighted by atomic mass is 10.1. The Hall–Kier alpha value is -5.69. The van der Waals surface area contributed by atoms with Crippen molar-refractivity contribution in [2.24, 2.45) is 0 Å². The molecule has 13 heteroatoms. The molecular weight excluding hydrogens is 560 g/mol. The molecule has 0 aliphatic rings. The Bertz CT molecular complexity index is 1970. The summed E-state index contributed by atoms with van der Waals surface area (Å²) in [6, 6.07) is 16.1. The number of aromatic nitrogens is 8. The van der Waals surface area contributed by atoms with E-state index in [1.54, 1.807) is 47.5 Å². The largest absolute Gasteiger partial charge is 0.394 e. The third-order valence-corrected chi connectivity index (χ3v) is 6.91. The van der Waals surface area contributed by atoms with Crippen molar-refractivity contribution < 1.29 is 9.63 Å². The summed E-state index contributed by atoms with van der Waals surface area (Å²) in [6.45, 7) is 7.92. The zero-order valence-corrected chi connectivity index (χ0v) is 24.1. The van der Waals surface area contributed by atoms with Gasteiger partial charge in [0.05, 0.1) is 24.6 Å². The second kappa shape index (κ2) is 12.3. The van der Waals surface area contributed by atoms with Crippen LogP contribution in [0.3, 0.4) is 0 Å². The highest BCUT2D eigenvalue weighted by atomic mass is 16.5. The summed E-state index contributed by atoms with van der Waals surface area (Å²) in [6.07, 6.45) is 6.54. The molecule has 13 nitrogen and oxygen atoms in total. The minimum atomic E-state index is -0.488. The predicted molar refractivity (Wildman–Crippen MR) is 166 cm³/mol. The average molecular weight is 591 g/mol. The molecule has 5 aromatic heterocycles. The lowest BCUT2D eigenvalue weighted by Gasteiger charge is -2.19. The number of nitrogens with one attached hydrogen (secondary N) is 2. The van der Waals surface area contributed by atoms with Gasteiger partial charge in [0.2, 0.25) is 11.8 Å². The number of pyridine rings is 2. The SMILES string of the molecule is C=CCn1c(=O)c2ccc(Nc3ncc(-c4nc(-c5cccnc5)no4)c(N[C@H](CO)c4ccccc4)n3)nc2n1C(C)C. The first-order chi connectivity index (χ1) is 21.5. The van der Waals surface area contributed by atoms with Gasteiger partial charge >= 0.3 is 0 Å². The first-order valence-corrected chi connectivity index (χ1v) is 14.0. The van der Waals surface area contributed by atoms with Crippen molar-refractivity contribution in [3.8, 4) is 22.8 Å². The third-order valence-electron chi connectivity index (χ3n) is 6.91. The standard InChI is InChI=1S/C31H30N10O3/c1-4-15-40-30(43)22-12-13-25(35-28(22)41(40)19(2)3)36-31-33-17-23(29-37-26(39-44-29)21-11-8-14-32-16-21)27(38-31)34-24(18-42)20-9-6-5-7-10-20/h4-14,16-17,19,24,42H,1,15,18H2,2-3H3,(H2,33,34,35,36,38)/t24-/m1/s1. The molecule has 0 fully saturated rings. The van der Waals surface area contributed by atoms with Crippen LogP contribution >= 0.6 is 0 Å². The van der Waals surface area contributed by atoms with E-state index in [0.29, 0.717) is 46.2 Å². The highest BCUT2D eigenvalue weighted by molar-refractivity contribution is 5.78. The average Bonchev–Trinajstić information content (AvgIpc) is 3.64. The Kier molecular flexibility index (Phi) is 7.93. The monoisotopic (exact) mass is 590 g/mol. The highest BCUT2D eigenvalue weighted by Crippen LogP contribution is 2.31. The van der Waals surface area contributed by atoms with Crippen molar-refractivity contribution in [2.75, 3.05) is 17.2 Å². The number of fused-ring (bicyclic) bond motifs is 1. The van der Waals surface area contributed by atoms with E-state index in [9.17, 15) is 9.90 Å². The molecule has 1 atom stereocenters. The number of anilines is 3. The number of nitrogens with zero attached hydrogens (tertiary/aromatic N) is 8. The summed E-state index contributed by atoms with van der Waals surface area (Å²) in [5.41, 5.74) is 2.38. The van der Waals surface area contributed by atoms with Crippen LogP contribution in [0, 0.1) is 0 Å². The molecule has 0 radical (unpaired) electrons. The smallest absolute Gasteiger partial charge is 0.276 e. The first kappa shape index (κ1) is 28.4. The molecular formula is C31H30N10O3. The summed E-state index contributed by atoms with van der Waals surface area (Å²) >= 11 is 0. The van der Waals surface area contributed by atoms with Crippen molar-refractivity contribution in [3.05, 3.63) is 102 Å². The molecule has 5 heterocycles. The van der Waals surface area contributed by atoms with Gasteiger partial charge in [0, 0.05) is 30.2 Å². The minimum Gasteiger partial charge on any atom is -0.394 e. The van der Waals surface area contributed by atoms with Crippen LogP contribution in [0.4, 0.5) is 17.6 Å². The fraction of sp³-hybridized carbons (Fsp3) is 0.194. The molecule has 0 unspecified atom stereocenters. The van der Waals surface area contributed by atoms with Gasteiger partial charge in [-0.05, 0) is 43.7 Å². The molecule has 0 saturated heterocycles. The molecule has 222 valence electrons. The van der Waals surface area contributed by atoms with E-state index in [4.69, 9.17) is 14.5 Å². The second-order valence-electron chi connectivity index (χ2n) is 10.2. The lowest BCUT2D eigenvalue weighted by Crippen LogP contribution is -2.23. The van der Waals surface area contributed by atoms with Crippen LogP contribution in [0.1, 0.15) is 31.5 Å². The number of rotatable bonds is 11. The number of hydrogen-bond donors (Lipinski definition) is 3. The number of allylic oxidation sites excluding steroid dienone is 1. The number of hydrogen-bond acceptors (Lipinski definition) is 11. The van der Waals surface area contributed by atoms with Crippen LogP contribution in [0.2, 0.25) is 0 Å². The number of benzene rings is 1. The normalized spacial score (nSPS) is 12.0. The van der Waals surface area contributed by atoms with Crippen LogP contribution in [0.15, 0.2) is 95.2 Å². The van der Waals surface area contributed by atoms with E-state index in [0.717, 1.165) is 5.56 Å². The zero-order valence-electron chi connectivity index (χ0n) is 24.1. The van der Waals surface area contributed by atoms with Gasteiger partial charge in [-0.3, -0.25) is 14.5 Å². The van der Waals surface area contributed by atoms with Crippen molar-refractivity contribution in [1.82, 2.24) is 39.4 Å². The van der Waals surface area contributed by atoms with Crippen LogP contribution in [0.25, 0.3) is 33.9 Å². The van der Waals surface area contributed by atoms with Gasteiger partial charge in [0.15, 0.2) is 5.65 Å². The second-order valence-corrected chi connectivity index (χ2v) is 10.2. The van der Waals surface area contributed by atoms with E-state index >= 15 is 0 Å². The maximum Gasteiger partial charge on any atom is 0.276 e. The van der Waals surface area contributed by atoms with Crippen molar-refractivity contribution in [3.63, 3.8) is 0 Å². The molecule has 0 saturated carbocycles. The Labute approximate surface area is 252 Å². The summed E-state index contributed by atoms with van der Waals surface area (Å²) in [5, 5.41) is 21.3. The minimum absolute atomic E-state index is 0.0198. The van der Waals surface area contributed by atoms with Gasteiger partial charge in [-0.15, -0.1) is 6.58 Å². The lowest BCUT2D eigenvalue weighted by molar-refractivity contribution is 0.276. The van der Waals surface area contributed by atoms with Crippen LogP contribution < -0.4 is 16.2 Å². The maximum absolute atomic E-state index is 13.0. The van der Waals surface area contributed by atoms with Crippen molar-refractivity contribution in [2.45, 2.75) is 32.5 Å². The molecule has 0 bridgehead atoms. The summed E-state index contributed by atoms with van der Waals surface area (Å²) < 4.78 is 9.07. The Morgan fingerprint density at radius 2 is 1.89 bits per heavy atom. The van der Waals surface area contributed by atoms with E-state index in [-0.39, 0.29) is 30.0 Å². The van der Waals surface area contributed by atoms with Crippen LogP contribution in [-0.4, -0.2) is 51.2 Å². The third kappa shape index (κ3) is 5.55. The fourth-order valence-electron chi connectivity index (χ4n) is 4.88. The van der Waals surface area contributed by atoms with Crippen molar-refractivity contribution >= 4 is 28.6 Å². The van der Waals surface area contributed by atoms with Gasteiger partial charge in [0.1, 0.15) is 17.2 Å². The quantitative estimate of drug-likeness (QED) is 0.178. The molecule has 0 spiro atoms. The molecule has 6 aromatic rings. The number of aliphatic hydroxyl groups excluding tert-OH is 1. The Morgan fingerprint density at radius 1 is 1.05 bits per heavy atom. The molecule has 0 aliphatic heterocycles. The maximum atomic E-state index is 13.0. The molecule has 0 aliphatic carbocycles. The Balaban J connectivity index is 1.39. The van der Waals surface area contributed by atoms with E-state index in [2.05, 4.69) is 37.3 Å².